The quantitative estimate of drug-likeness (QED) is 0.817. The van der Waals surface area contributed by atoms with Crippen molar-refractivity contribution in [1.29, 1.82) is 0 Å². The first-order valence-electron chi connectivity index (χ1n) is 4.90. The second-order valence-corrected chi connectivity index (χ2v) is 3.61. The van der Waals surface area contributed by atoms with Gasteiger partial charge in [-0.3, -0.25) is 4.79 Å². The van der Waals surface area contributed by atoms with Crippen LogP contribution in [0.1, 0.15) is 5.56 Å². The van der Waals surface area contributed by atoms with Crippen LogP contribution >= 0.6 is 0 Å². The molecule has 2 N–H and O–H groups in total. The molecule has 0 bridgehead atoms. The van der Waals surface area contributed by atoms with Crippen molar-refractivity contribution in [3.63, 3.8) is 0 Å². The van der Waals surface area contributed by atoms with Gasteiger partial charge >= 0.3 is 0 Å². The summed E-state index contributed by atoms with van der Waals surface area (Å²) in [4.78, 5) is 10.3. The second-order valence-electron chi connectivity index (χ2n) is 3.61. The van der Waals surface area contributed by atoms with E-state index in [2.05, 4.69) is 18.2 Å². The van der Waals surface area contributed by atoms with Crippen molar-refractivity contribution in [2.45, 2.75) is 12.5 Å². The van der Waals surface area contributed by atoms with Crippen molar-refractivity contribution >= 4 is 17.1 Å². The highest BCUT2D eigenvalue weighted by atomic mass is 16.1. The fourth-order valence-corrected chi connectivity index (χ4v) is 1.66. The minimum atomic E-state index is -0.522. The Morgan fingerprint density at radius 1 is 1.13 bits per heavy atom. The molecule has 2 heteroatoms. The lowest BCUT2D eigenvalue weighted by molar-refractivity contribution is 0.541. The van der Waals surface area contributed by atoms with Gasteiger partial charge in [-0.15, -0.1) is 0 Å². The Balaban J connectivity index is 2.34. The van der Waals surface area contributed by atoms with Crippen LogP contribution in [0.3, 0.4) is 0 Å². The summed E-state index contributed by atoms with van der Waals surface area (Å²) in [6, 6.07) is 13.7. The summed E-state index contributed by atoms with van der Waals surface area (Å²) in [6.07, 6.45) is 2.34. The van der Waals surface area contributed by atoms with E-state index < -0.39 is 6.04 Å². The molecule has 1 radical (unpaired) electrons. The minimum absolute atomic E-state index is 0.522. The monoisotopic (exact) mass is 198 g/mol. The lowest BCUT2D eigenvalue weighted by Crippen LogP contribution is -2.23. The van der Waals surface area contributed by atoms with Crippen LogP contribution in [0.5, 0.6) is 0 Å². The highest BCUT2D eigenvalue weighted by molar-refractivity contribution is 5.83. The largest absolute Gasteiger partial charge is 0.321 e. The minimum Gasteiger partial charge on any atom is -0.321 e. The van der Waals surface area contributed by atoms with Gasteiger partial charge in [0.2, 0.25) is 6.29 Å². The maximum Gasteiger partial charge on any atom is 0.217 e. The molecule has 2 aromatic carbocycles. The molecular weight excluding hydrogens is 186 g/mol. The lowest BCUT2D eigenvalue weighted by atomic mass is 10.0. The Morgan fingerprint density at radius 3 is 2.60 bits per heavy atom. The second kappa shape index (κ2) is 4.24. The molecule has 0 aromatic heterocycles. The molecule has 0 aliphatic heterocycles. The zero-order valence-electron chi connectivity index (χ0n) is 8.31. The number of fused-ring (bicyclic) bond motifs is 1. The molecule has 0 saturated heterocycles. The van der Waals surface area contributed by atoms with E-state index in [1.165, 1.54) is 10.8 Å². The fourth-order valence-electron chi connectivity index (χ4n) is 1.66. The SMILES string of the molecule is N[C@H]([C]=O)Cc1ccc2ccccc2c1. The molecule has 2 nitrogen and oxygen atoms in total. The molecule has 0 heterocycles. The molecule has 75 valence electrons. The van der Waals surface area contributed by atoms with E-state index in [4.69, 9.17) is 5.73 Å². The first-order chi connectivity index (χ1) is 7.29. The van der Waals surface area contributed by atoms with Gasteiger partial charge in [-0.05, 0) is 22.8 Å². The van der Waals surface area contributed by atoms with Crippen molar-refractivity contribution < 1.29 is 4.79 Å². The molecule has 1 atom stereocenters. The summed E-state index contributed by atoms with van der Waals surface area (Å²) < 4.78 is 0. The Morgan fingerprint density at radius 2 is 1.87 bits per heavy atom. The van der Waals surface area contributed by atoms with Crippen molar-refractivity contribution in [3.05, 3.63) is 48.0 Å². The van der Waals surface area contributed by atoms with Crippen molar-refractivity contribution in [1.82, 2.24) is 0 Å². The van der Waals surface area contributed by atoms with E-state index in [9.17, 15) is 4.79 Å². The van der Waals surface area contributed by atoms with E-state index in [-0.39, 0.29) is 0 Å². The van der Waals surface area contributed by atoms with Crippen LogP contribution in [0.4, 0.5) is 0 Å². The number of nitrogens with two attached hydrogens (primary N) is 1. The molecule has 0 aliphatic carbocycles. The predicted octanol–water partition coefficient (Wildman–Crippen LogP) is 1.82. The van der Waals surface area contributed by atoms with Crippen molar-refractivity contribution in [3.8, 4) is 0 Å². The average Bonchev–Trinajstić information content (AvgIpc) is 2.29. The van der Waals surface area contributed by atoms with E-state index in [0.717, 1.165) is 5.56 Å². The summed E-state index contributed by atoms with van der Waals surface area (Å²) in [6.45, 7) is 0. The number of carbonyl (C=O) groups excluding carboxylic acids is 1. The fraction of sp³-hybridized carbons (Fsp3) is 0.154. The summed E-state index contributed by atoms with van der Waals surface area (Å²) in [7, 11) is 0. The molecule has 0 saturated carbocycles. The van der Waals surface area contributed by atoms with Crippen LogP contribution in [0, 0.1) is 0 Å². The third-order valence-electron chi connectivity index (χ3n) is 2.42. The summed E-state index contributed by atoms with van der Waals surface area (Å²) in [5, 5.41) is 2.37. The highest BCUT2D eigenvalue weighted by Crippen LogP contribution is 2.16. The Bertz CT molecular complexity index is 479. The molecule has 0 fully saturated rings. The molecule has 0 aliphatic rings. The zero-order chi connectivity index (χ0) is 10.7. The maximum atomic E-state index is 10.3. The number of hydrogen-bond acceptors (Lipinski definition) is 2. The molecule has 0 amide bonds. The highest BCUT2D eigenvalue weighted by Gasteiger charge is 2.03. The Hall–Kier alpha value is -1.67. The van der Waals surface area contributed by atoms with Gasteiger partial charge in [0.1, 0.15) is 0 Å². The van der Waals surface area contributed by atoms with Gasteiger partial charge in [0, 0.05) is 0 Å². The van der Waals surface area contributed by atoms with Crippen LogP contribution in [0.15, 0.2) is 42.5 Å². The van der Waals surface area contributed by atoms with Gasteiger partial charge in [-0.25, -0.2) is 0 Å². The summed E-state index contributed by atoms with van der Waals surface area (Å²) in [5.41, 5.74) is 6.60. The first kappa shape index (κ1) is 9.87. The van der Waals surface area contributed by atoms with E-state index in [1.807, 2.05) is 24.3 Å². The number of benzene rings is 2. The van der Waals surface area contributed by atoms with Gasteiger partial charge < -0.3 is 5.73 Å². The molecular formula is C13H12NO. The van der Waals surface area contributed by atoms with Crippen LogP contribution in [-0.2, 0) is 11.2 Å². The van der Waals surface area contributed by atoms with Gasteiger partial charge in [0.25, 0.3) is 0 Å². The van der Waals surface area contributed by atoms with E-state index >= 15 is 0 Å². The Labute approximate surface area is 88.7 Å². The first-order valence-corrected chi connectivity index (χ1v) is 4.90. The molecule has 2 rings (SSSR count). The molecule has 0 spiro atoms. The third kappa shape index (κ3) is 2.22. The van der Waals surface area contributed by atoms with Gasteiger partial charge in [0.05, 0.1) is 6.04 Å². The topological polar surface area (TPSA) is 43.1 Å². The smallest absolute Gasteiger partial charge is 0.217 e. The van der Waals surface area contributed by atoms with Crippen molar-refractivity contribution in [2.24, 2.45) is 5.73 Å². The lowest BCUT2D eigenvalue weighted by Gasteiger charge is -2.05. The van der Waals surface area contributed by atoms with Crippen LogP contribution in [0.25, 0.3) is 10.8 Å². The van der Waals surface area contributed by atoms with E-state index in [0.29, 0.717) is 6.42 Å². The average molecular weight is 198 g/mol. The maximum absolute atomic E-state index is 10.3. The molecule has 0 unspecified atom stereocenters. The van der Waals surface area contributed by atoms with Crippen LogP contribution in [-0.4, -0.2) is 12.3 Å². The van der Waals surface area contributed by atoms with Gasteiger partial charge in [-0.1, -0.05) is 42.5 Å². The zero-order valence-corrected chi connectivity index (χ0v) is 8.31. The van der Waals surface area contributed by atoms with Gasteiger partial charge in [-0.2, -0.15) is 0 Å². The normalized spacial score (nSPS) is 12.6. The molecule has 2 aromatic rings. The van der Waals surface area contributed by atoms with E-state index in [1.54, 1.807) is 6.29 Å². The van der Waals surface area contributed by atoms with Crippen molar-refractivity contribution in [2.75, 3.05) is 0 Å². The number of rotatable bonds is 3. The summed E-state index contributed by atoms with van der Waals surface area (Å²) in [5.74, 6) is 0. The summed E-state index contributed by atoms with van der Waals surface area (Å²) >= 11 is 0. The van der Waals surface area contributed by atoms with Crippen LogP contribution < -0.4 is 5.73 Å². The Kier molecular flexibility index (Phi) is 2.79. The standard InChI is InChI=1S/C13H12NO/c14-13(9-15)8-10-5-6-11-3-1-2-4-12(11)7-10/h1-7,13H,8,14H2/t13-/m0/s1. The predicted molar refractivity (Wildman–Crippen MR) is 61.3 cm³/mol. The van der Waals surface area contributed by atoms with Crippen LogP contribution in [0.2, 0.25) is 0 Å². The molecule has 15 heavy (non-hydrogen) atoms. The third-order valence-corrected chi connectivity index (χ3v) is 2.42. The van der Waals surface area contributed by atoms with Gasteiger partial charge in [0.15, 0.2) is 0 Å². The number of hydrogen-bond donors (Lipinski definition) is 1.